The van der Waals surface area contributed by atoms with Crippen LogP contribution in [0.25, 0.3) is 16.9 Å². The van der Waals surface area contributed by atoms with Gasteiger partial charge in [-0.2, -0.15) is 0 Å². The monoisotopic (exact) mass is 398 g/mol. The van der Waals surface area contributed by atoms with Crippen molar-refractivity contribution in [3.05, 3.63) is 43.1 Å². The number of ether oxygens (including phenoxy) is 1. The number of nitrogens with zero attached hydrogens (tertiary/aromatic N) is 5. The number of benzene rings is 1. The van der Waals surface area contributed by atoms with Gasteiger partial charge in [-0.3, -0.25) is 0 Å². The minimum Gasteiger partial charge on any atom is -0.507 e. The third-order valence-corrected chi connectivity index (χ3v) is 5.22. The van der Waals surface area contributed by atoms with Crippen LogP contribution in [0.1, 0.15) is 25.7 Å². The van der Waals surface area contributed by atoms with E-state index in [9.17, 15) is 9.50 Å². The largest absolute Gasteiger partial charge is 0.507 e. The minimum absolute atomic E-state index is 0.0349. The van der Waals surface area contributed by atoms with Crippen molar-refractivity contribution in [3.8, 4) is 28.7 Å². The molecule has 3 aromatic rings. The molecule has 1 fully saturated rings. The molecule has 0 spiro atoms. The number of phenolic OH excluding ortho intramolecular Hbond substituents is 1. The van der Waals surface area contributed by atoms with Crippen LogP contribution in [0.2, 0.25) is 0 Å². The van der Waals surface area contributed by atoms with E-state index in [1.807, 2.05) is 13.1 Å². The van der Waals surface area contributed by atoms with Crippen molar-refractivity contribution in [2.75, 3.05) is 7.05 Å². The minimum atomic E-state index is -1.06. The second kappa shape index (κ2) is 8.52. The highest BCUT2D eigenvalue weighted by Gasteiger charge is 2.30. The number of aromatic hydroxyl groups is 1. The van der Waals surface area contributed by atoms with Crippen LogP contribution in [-0.4, -0.2) is 55.2 Å². The molecule has 2 heterocycles. The maximum Gasteiger partial charge on any atom is 0.336 e. The van der Waals surface area contributed by atoms with Crippen molar-refractivity contribution in [3.63, 3.8) is 0 Å². The molecular weight excluding hydrogens is 375 g/mol. The quantitative estimate of drug-likeness (QED) is 0.638. The number of aromatic nitrogens is 5. The Kier molecular flexibility index (Phi) is 5.66. The van der Waals surface area contributed by atoms with Gasteiger partial charge in [0.25, 0.3) is 0 Å². The molecule has 1 aromatic carbocycles. The summed E-state index contributed by atoms with van der Waals surface area (Å²) < 4.78 is 21.9. The number of nitrogens with one attached hydrogen (secondary N) is 1. The van der Waals surface area contributed by atoms with Crippen LogP contribution in [-0.2, 0) is 0 Å². The molecule has 1 aliphatic carbocycles. The van der Waals surface area contributed by atoms with Crippen molar-refractivity contribution >= 4 is 0 Å². The lowest BCUT2D eigenvalue weighted by Crippen LogP contribution is -2.35. The summed E-state index contributed by atoms with van der Waals surface area (Å²) in [4.78, 5) is 8.16. The Bertz CT molecular complexity index is 935. The summed E-state index contributed by atoms with van der Waals surface area (Å²) in [6.45, 7) is 0. The van der Waals surface area contributed by atoms with E-state index in [1.165, 1.54) is 6.20 Å². The van der Waals surface area contributed by atoms with Crippen molar-refractivity contribution < 1.29 is 14.2 Å². The number of hydrogen-bond donors (Lipinski definition) is 2. The van der Waals surface area contributed by atoms with Crippen LogP contribution in [0.15, 0.2) is 43.1 Å². The Morgan fingerprint density at radius 2 is 2.17 bits per heavy atom. The highest BCUT2D eigenvalue weighted by molar-refractivity contribution is 5.67. The molecule has 0 radical (unpaired) electrons. The van der Waals surface area contributed by atoms with E-state index in [-0.39, 0.29) is 17.8 Å². The number of hydrogen-bond acceptors (Lipinski definition) is 7. The first-order valence-corrected chi connectivity index (χ1v) is 9.63. The maximum atomic E-state index is 14.4. The first kappa shape index (κ1) is 19.3. The molecule has 2 unspecified atom stereocenters. The lowest BCUT2D eigenvalue weighted by molar-refractivity contribution is 0.0790. The molecule has 0 amide bonds. The SMILES string of the molecule is CNC1CCCC(F)[C@@H](Oc2ncc(-c3ccc(-n4ccnc4)cc3O)nn2)C1. The van der Waals surface area contributed by atoms with Gasteiger partial charge in [-0.25, -0.2) is 14.4 Å². The zero-order chi connectivity index (χ0) is 20.2. The fraction of sp³-hybridized carbons (Fsp3) is 0.400. The van der Waals surface area contributed by atoms with Gasteiger partial charge in [0.05, 0.1) is 18.2 Å². The van der Waals surface area contributed by atoms with E-state index < -0.39 is 12.3 Å². The van der Waals surface area contributed by atoms with Crippen LogP contribution in [0.3, 0.4) is 0 Å². The normalized spacial score (nSPS) is 22.2. The van der Waals surface area contributed by atoms with Gasteiger partial charge < -0.3 is 19.7 Å². The molecule has 2 N–H and O–H groups in total. The summed E-state index contributed by atoms with van der Waals surface area (Å²) in [5.74, 6) is 0.0467. The van der Waals surface area contributed by atoms with E-state index in [4.69, 9.17) is 4.74 Å². The highest BCUT2D eigenvalue weighted by atomic mass is 19.1. The van der Waals surface area contributed by atoms with E-state index in [1.54, 1.807) is 35.4 Å². The first-order valence-electron chi connectivity index (χ1n) is 9.63. The summed E-state index contributed by atoms with van der Waals surface area (Å²) in [7, 11) is 1.87. The third-order valence-electron chi connectivity index (χ3n) is 5.22. The van der Waals surface area contributed by atoms with Gasteiger partial charge in [0.2, 0.25) is 0 Å². The number of halogens is 1. The van der Waals surface area contributed by atoms with Crippen molar-refractivity contribution in [1.29, 1.82) is 0 Å². The van der Waals surface area contributed by atoms with Gasteiger partial charge in [-0.15, -0.1) is 5.10 Å². The Morgan fingerprint density at radius 1 is 1.28 bits per heavy atom. The zero-order valence-electron chi connectivity index (χ0n) is 16.1. The van der Waals surface area contributed by atoms with Crippen LogP contribution in [0.5, 0.6) is 11.8 Å². The fourth-order valence-electron chi connectivity index (χ4n) is 3.56. The standard InChI is InChI=1S/C20H23FN6O2/c1-22-13-3-2-4-16(21)19(9-13)29-20-24-11-17(25-26-20)15-6-5-14(10-18(15)28)27-8-7-23-12-27/h5-8,10-13,16,19,22,28H,2-4,9H2,1H3/t13?,16?,19-/m0/s1. The van der Waals surface area contributed by atoms with E-state index in [2.05, 4.69) is 25.5 Å². The summed E-state index contributed by atoms with van der Waals surface area (Å²) in [6.07, 6.45) is 7.65. The second-order valence-corrected chi connectivity index (χ2v) is 7.12. The lowest BCUT2D eigenvalue weighted by atomic mass is 10.1. The predicted octanol–water partition coefficient (Wildman–Crippen LogP) is 2.68. The van der Waals surface area contributed by atoms with E-state index in [0.717, 1.165) is 18.5 Å². The molecule has 2 aromatic heterocycles. The summed E-state index contributed by atoms with van der Waals surface area (Å²) in [5, 5.41) is 21.7. The number of rotatable bonds is 5. The van der Waals surface area contributed by atoms with Gasteiger partial charge in [0, 0.05) is 36.5 Å². The van der Waals surface area contributed by atoms with Gasteiger partial charge >= 0.3 is 6.01 Å². The van der Waals surface area contributed by atoms with Crippen LogP contribution in [0.4, 0.5) is 4.39 Å². The predicted molar refractivity (Wildman–Crippen MR) is 105 cm³/mol. The Balaban J connectivity index is 1.49. The molecule has 3 atom stereocenters. The molecule has 29 heavy (non-hydrogen) atoms. The number of imidazole rings is 1. The molecule has 9 heteroatoms. The van der Waals surface area contributed by atoms with Gasteiger partial charge in [0.15, 0.2) is 0 Å². The average molecular weight is 398 g/mol. The van der Waals surface area contributed by atoms with Crippen molar-refractivity contribution in [2.45, 2.75) is 44.0 Å². The first-order chi connectivity index (χ1) is 14.1. The fourth-order valence-corrected chi connectivity index (χ4v) is 3.56. The van der Waals surface area contributed by atoms with Gasteiger partial charge in [0.1, 0.15) is 23.7 Å². The molecule has 0 saturated heterocycles. The molecule has 152 valence electrons. The highest BCUT2D eigenvalue weighted by Crippen LogP contribution is 2.30. The van der Waals surface area contributed by atoms with E-state index >= 15 is 0 Å². The second-order valence-electron chi connectivity index (χ2n) is 7.12. The third kappa shape index (κ3) is 4.34. The Hall–Kier alpha value is -3.07. The van der Waals surface area contributed by atoms with Crippen molar-refractivity contribution in [2.24, 2.45) is 0 Å². The van der Waals surface area contributed by atoms with Crippen LogP contribution < -0.4 is 10.1 Å². The van der Waals surface area contributed by atoms with Crippen LogP contribution >= 0.6 is 0 Å². The number of alkyl halides is 1. The average Bonchev–Trinajstić information content (AvgIpc) is 3.21. The van der Waals surface area contributed by atoms with Gasteiger partial charge in [-0.1, -0.05) is 5.10 Å². The molecular formula is C20H23FN6O2. The Morgan fingerprint density at radius 3 is 2.86 bits per heavy atom. The molecule has 1 saturated carbocycles. The zero-order valence-corrected chi connectivity index (χ0v) is 16.1. The van der Waals surface area contributed by atoms with Crippen molar-refractivity contribution in [1.82, 2.24) is 30.0 Å². The van der Waals surface area contributed by atoms with Gasteiger partial charge in [-0.05, 0) is 38.4 Å². The maximum absolute atomic E-state index is 14.4. The van der Waals surface area contributed by atoms with E-state index in [0.29, 0.717) is 24.1 Å². The summed E-state index contributed by atoms with van der Waals surface area (Å²) in [5.41, 5.74) is 1.66. The summed E-state index contributed by atoms with van der Waals surface area (Å²) >= 11 is 0. The lowest BCUT2D eigenvalue weighted by Gasteiger charge is -2.21. The molecule has 0 bridgehead atoms. The molecule has 0 aliphatic heterocycles. The Labute approximate surface area is 167 Å². The van der Waals surface area contributed by atoms with Crippen LogP contribution in [0, 0.1) is 0 Å². The molecule has 4 rings (SSSR count). The summed E-state index contributed by atoms with van der Waals surface area (Å²) in [6, 6.07) is 5.42. The molecule has 8 nitrogen and oxygen atoms in total. The number of phenols is 1. The smallest absolute Gasteiger partial charge is 0.336 e. The topological polar surface area (TPSA) is 98.0 Å². The molecule has 1 aliphatic rings.